The van der Waals surface area contributed by atoms with Crippen LogP contribution in [-0.4, -0.2) is 57.5 Å². The first-order valence-corrected chi connectivity index (χ1v) is 5.71. The van der Waals surface area contributed by atoms with Gasteiger partial charge in [-0.3, -0.25) is 4.90 Å². The summed E-state index contributed by atoms with van der Waals surface area (Å²) in [6, 6.07) is 0. The summed E-state index contributed by atoms with van der Waals surface area (Å²) in [5.74, 6) is 0. The van der Waals surface area contributed by atoms with Crippen molar-refractivity contribution in [1.82, 2.24) is 4.90 Å². The molecule has 1 heterocycles. The number of hydrogen-bond acceptors (Lipinski definition) is 4. The van der Waals surface area contributed by atoms with Crippen molar-refractivity contribution in [3.8, 4) is 0 Å². The Morgan fingerprint density at radius 3 is 2.07 bits per heavy atom. The molecule has 0 radical (unpaired) electrons. The molecule has 2 aliphatic rings. The van der Waals surface area contributed by atoms with Crippen LogP contribution in [0.3, 0.4) is 0 Å². The predicted octanol–water partition coefficient (Wildman–Crippen LogP) is 0.0709. The second-order valence-electron chi connectivity index (χ2n) is 4.95. The van der Waals surface area contributed by atoms with Crippen LogP contribution < -0.4 is 5.73 Å². The van der Waals surface area contributed by atoms with E-state index in [9.17, 15) is 0 Å². The molecule has 4 nitrogen and oxygen atoms in total. The molecule has 2 atom stereocenters. The number of rotatable bonds is 5. The number of hydrogen-bond donors (Lipinski definition) is 1. The lowest BCUT2D eigenvalue weighted by molar-refractivity contribution is -0.00461. The third-order valence-corrected chi connectivity index (χ3v) is 3.85. The van der Waals surface area contributed by atoms with Crippen molar-refractivity contribution in [3.63, 3.8) is 0 Å². The number of nitrogens with two attached hydrogens (primary N) is 1. The maximum atomic E-state index is 5.79. The van der Waals surface area contributed by atoms with Crippen LogP contribution in [-0.2, 0) is 9.47 Å². The van der Waals surface area contributed by atoms with Gasteiger partial charge >= 0.3 is 0 Å². The highest BCUT2D eigenvalue weighted by molar-refractivity contribution is 4.99. The second-order valence-corrected chi connectivity index (χ2v) is 4.95. The molecule has 15 heavy (non-hydrogen) atoms. The Morgan fingerprint density at radius 2 is 1.73 bits per heavy atom. The summed E-state index contributed by atoms with van der Waals surface area (Å²) in [5.41, 5.74) is 6.21. The van der Waals surface area contributed by atoms with E-state index in [0.717, 1.165) is 26.2 Å². The molecule has 1 saturated heterocycles. The molecular formula is C11H22N2O2. The minimum atomic E-state index is 0.226. The summed E-state index contributed by atoms with van der Waals surface area (Å²) in [4.78, 5) is 2.43. The fourth-order valence-corrected chi connectivity index (χ4v) is 2.48. The molecule has 0 aromatic carbocycles. The molecule has 2 N–H and O–H groups in total. The van der Waals surface area contributed by atoms with Gasteiger partial charge in [0, 0.05) is 33.9 Å². The van der Waals surface area contributed by atoms with E-state index < -0.39 is 0 Å². The van der Waals surface area contributed by atoms with Crippen LogP contribution in [0.5, 0.6) is 0 Å². The number of likely N-dealkylation sites (tertiary alicyclic amines) is 1. The Bertz CT molecular complexity index is 207. The molecule has 88 valence electrons. The normalized spacial score (nSPS) is 34.6. The lowest BCUT2D eigenvalue weighted by atomic mass is 10.1. The van der Waals surface area contributed by atoms with Gasteiger partial charge in [0.25, 0.3) is 0 Å². The van der Waals surface area contributed by atoms with Crippen molar-refractivity contribution < 1.29 is 9.47 Å². The number of nitrogens with zero attached hydrogens (tertiary/aromatic N) is 1. The van der Waals surface area contributed by atoms with Crippen LogP contribution in [0.25, 0.3) is 0 Å². The molecule has 0 bridgehead atoms. The quantitative estimate of drug-likeness (QED) is 0.703. The van der Waals surface area contributed by atoms with Crippen molar-refractivity contribution in [2.24, 2.45) is 11.1 Å². The van der Waals surface area contributed by atoms with Gasteiger partial charge in [-0.1, -0.05) is 0 Å². The van der Waals surface area contributed by atoms with Crippen LogP contribution in [0.1, 0.15) is 12.8 Å². The molecular weight excluding hydrogens is 192 g/mol. The number of methoxy groups -OCH3 is 2. The molecule has 1 aliphatic heterocycles. The lowest BCUT2D eigenvalue weighted by Gasteiger charge is -2.21. The molecule has 4 heteroatoms. The summed E-state index contributed by atoms with van der Waals surface area (Å²) in [5, 5.41) is 0. The minimum Gasteiger partial charge on any atom is -0.377 e. The maximum absolute atomic E-state index is 5.79. The first kappa shape index (κ1) is 11.3. The van der Waals surface area contributed by atoms with Crippen LogP contribution in [0.4, 0.5) is 0 Å². The minimum absolute atomic E-state index is 0.226. The van der Waals surface area contributed by atoms with E-state index in [-0.39, 0.29) is 12.2 Å². The van der Waals surface area contributed by atoms with Gasteiger partial charge in [-0.2, -0.15) is 0 Å². The van der Waals surface area contributed by atoms with Gasteiger partial charge in [-0.25, -0.2) is 0 Å². The second kappa shape index (κ2) is 4.37. The molecule has 0 aromatic rings. The SMILES string of the molecule is COC1CN(CC2(CN)CC2)CC1OC. The fraction of sp³-hybridized carbons (Fsp3) is 1.00. The molecule has 1 aliphatic carbocycles. The summed E-state index contributed by atoms with van der Waals surface area (Å²) in [6.45, 7) is 3.90. The Balaban J connectivity index is 1.85. The van der Waals surface area contributed by atoms with Crippen molar-refractivity contribution in [3.05, 3.63) is 0 Å². The predicted molar refractivity (Wildman–Crippen MR) is 58.8 cm³/mol. The highest BCUT2D eigenvalue weighted by atomic mass is 16.5. The topological polar surface area (TPSA) is 47.7 Å². The smallest absolute Gasteiger partial charge is 0.0971 e. The average Bonchev–Trinajstić information content (AvgIpc) is 2.91. The highest BCUT2D eigenvalue weighted by Gasteiger charge is 2.45. The number of ether oxygens (including phenoxy) is 2. The molecule has 0 spiro atoms. The lowest BCUT2D eigenvalue weighted by Crippen LogP contribution is -2.33. The first-order chi connectivity index (χ1) is 7.23. The zero-order valence-corrected chi connectivity index (χ0v) is 9.74. The molecule has 0 amide bonds. The summed E-state index contributed by atoms with van der Waals surface area (Å²) in [7, 11) is 3.52. The van der Waals surface area contributed by atoms with Gasteiger partial charge in [0.2, 0.25) is 0 Å². The van der Waals surface area contributed by atoms with Crippen LogP contribution in [0.2, 0.25) is 0 Å². The largest absolute Gasteiger partial charge is 0.377 e. The summed E-state index contributed by atoms with van der Waals surface area (Å²) < 4.78 is 10.8. The van der Waals surface area contributed by atoms with E-state index in [0.29, 0.717) is 5.41 Å². The molecule has 1 saturated carbocycles. The van der Waals surface area contributed by atoms with E-state index in [2.05, 4.69) is 4.90 Å². The maximum Gasteiger partial charge on any atom is 0.0971 e. The molecule has 2 unspecified atom stereocenters. The zero-order valence-electron chi connectivity index (χ0n) is 9.74. The van der Waals surface area contributed by atoms with Gasteiger partial charge in [0.05, 0.1) is 12.2 Å². The first-order valence-electron chi connectivity index (χ1n) is 5.71. The van der Waals surface area contributed by atoms with E-state index >= 15 is 0 Å². The molecule has 2 fully saturated rings. The van der Waals surface area contributed by atoms with Gasteiger partial charge in [0.15, 0.2) is 0 Å². The summed E-state index contributed by atoms with van der Waals surface area (Å²) >= 11 is 0. The molecule has 2 rings (SSSR count). The van der Waals surface area contributed by atoms with E-state index in [1.54, 1.807) is 14.2 Å². The fourth-order valence-electron chi connectivity index (χ4n) is 2.48. The Hall–Kier alpha value is -0.160. The molecule has 0 aromatic heterocycles. The standard InChI is InChI=1S/C11H22N2O2/c1-14-9-5-13(6-10(9)15-2)8-11(7-12)3-4-11/h9-10H,3-8,12H2,1-2H3. The van der Waals surface area contributed by atoms with Crippen molar-refractivity contribution in [2.75, 3.05) is 40.4 Å². The van der Waals surface area contributed by atoms with Gasteiger partial charge in [-0.15, -0.1) is 0 Å². The Kier molecular flexibility index (Phi) is 3.30. The van der Waals surface area contributed by atoms with Crippen LogP contribution >= 0.6 is 0 Å². The third kappa shape index (κ3) is 2.33. The van der Waals surface area contributed by atoms with Crippen LogP contribution in [0.15, 0.2) is 0 Å². The van der Waals surface area contributed by atoms with Gasteiger partial charge in [0.1, 0.15) is 0 Å². The van der Waals surface area contributed by atoms with Gasteiger partial charge in [-0.05, 0) is 24.8 Å². The average molecular weight is 214 g/mol. The third-order valence-electron chi connectivity index (χ3n) is 3.85. The highest BCUT2D eigenvalue weighted by Crippen LogP contribution is 2.45. The van der Waals surface area contributed by atoms with Crippen molar-refractivity contribution in [2.45, 2.75) is 25.0 Å². The van der Waals surface area contributed by atoms with E-state index in [1.165, 1.54) is 12.8 Å². The van der Waals surface area contributed by atoms with Gasteiger partial charge < -0.3 is 15.2 Å². The van der Waals surface area contributed by atoms with E-state index in [1.807, 2.05) is 0 Å². The summed E-state index contributed by atoms with van der Waals surface area (Å²) in [6.07, 6.45) is 3.03. The van der Waals surface area contributed by atoms with E-state index in [4.69, 9.17) is 15.2 Å². The van der Waals surface area contributed by atoms with Crippen molar-refractivity contribution in [1.29, 1.82) is 0 Å². The zero-order chi connectivity index (χ0) is 10.9. The van der Waals surface area contributed by atoms with Crippen molar-refractivity contribution >= 4 is 0 Å². The Labute approximate surface area is 91.7 Å². The Morgan fingerprint density at radius 1 is 1.20 bits per heavy atom. The monoisotopic (exact) mass is 214 g/mol. The van der Waals surface area contributed by atoms with Crippen LogP contribution in [0, 0.1) is 5.41 Å².